The second-order valence-electron chi connectivity index (χ2n) is 7.77. The summed E-state index contributed by atoms with van der Waals surface area (Å²) in [4.78, 5) is 17.9. The molecule has 10 heteroatoms. The van der Waals surface area contributed by atoms with Gasteiger partial charge in [-0.2, -0.15) is 18.3 Å². The lowest BCUT2D eigenvalue weighted by Gasteiger charge is -2.17. The first kappa shape index (κ1) is 21.0. The van der Waals surface area contributed by atoms with Gasteiger partial charge >= 0.3 is 6.18 Å². The van der Waals surface area contributed by atoms with Crippen LogP contribution in [0.25, 0.3) is 22.0 Å². The van der Waals surface area contributed by atoms with Crippen LogP contribution in [0.2, 0.25) is 0 Å². The van der Waals surface area contributed by atoms with Crippen LogP contribution < -0.4 is 0 Å². The van der Waals surface area contributed by atoms with E-state index in [-0.39, 0.29) is 46.6 Å². The average molecular weight is 458 g/mol. The Morgan fingerprint density at radius 3 is 2.45 bits per heavy atom. The van der Waals surface area contributed by atoms with Gasteiger partial charge < -0.3 is 4.90 Å². The quantitative estimate of drug-likeness (QED) is 0.402. The van der Waals surface area contributed by atoms with Gasteiger partial charge in [-0.3, -0.25) is 14.5 Å². The van der Waals surface area contributed by atoms with Crippen LogP contribution in [0.1, 0.15) is 27.2 Å². The minimum absolute atomic E-state index is 0.0678. The van der Waals surface area contributed by atoms with Crippen molar-refractivity contribution < 1.29 is 26.7 Å². The Morgan fingerprint density at radius 1 is 1.06 bits per heavy atom. The molecule has 1 aliphatic rings. The highest BCUT2D eigenvalue weighted by Gasteiger charge is 2.35. The zero-order valence-corrected chi connectivity index (χ0v) is 17.1. The summed E-state index contributed by atoms with van der Waals surface area (Å²) in [6, 6.07) is 7.37. The van der Waals surface area contributed by atoms with E-state index in [4.69, 9.17) is 0 Å². The maximum absolute atomic E-state index is 15.0. The molecule has 0 radical (unpaired) electrons. The van der Waals surface area contributed by atoms with Crippen LogP contribution in [0.15, 0.2) is 48.8 Å². The molecule has 1 aliphatic heterocycles. The molecule has 3 heterocycles. The maximum atomic E-state index is 15.0. The molecule has 5 nitrogen and oxygen atoms in total. The second-order valence-corrected chi connectivity index (χ2v) is 7.77. The van der Waals surface area contributed by atoms with Gasteiger partial charge in [0.15, 0.2) is 0 Å². The lowest BCUT2D eigenvalue weighted by Crippen LogP contribution is -2.24. The van der Waals surface area contributed by atoms with Crippen molar-refractivity contribution in [3.05, 3.63) is 82.8 Å². The van der Waals surface area contributed by atoms with E-state index in [1.54, 1.807) is 12.1 Å². The van der Waals surface area contributed by atoms with E-state index in [1.807, 2.05) is 0 Å². The molecule has 0 N–H and O–H groups in total. The van der Waals surface area contributed by atoms with Crippen molar-refractivity contribution in [2.75, 3.05) is 0 Å². The van der Waals surface area contributed by atoms with Crippen molar-refractivity contribution in [1.29, 1.82) is 0 Å². The van der Waals surface area contributed by atoms with Crippen molar-refractivity contribution in [1.82, 2.24) is 19.7 Å². The van der Waals surface area contributed by atoms with Gasteiger partial charge in [0.1, 0.15) is 11.6 Å². The molecule has 168 valence electrons. The zero-order chi connectivity index (χ0) is 23.5. The number of pyridine rings is 1. The number of benzene rings is 2. The molecular formula is C23H15F5N4O. The monoisotopic (exact) mass is 458 g/mol. The summed E-state index contributed by atoms with van der Waals surface area (Å²) >= 11 is 0. The summed E-state index contributed by atoms with van der Waals surface area (Å²) in [5.74, 6) is -2.18. The van der Waals surface area contributed by atoms with Gasteiger partial charge in [-0.25, -0.2) is 8.78 Å². The van der Waals surface area contributed by atoms with Crippen molar-refractivity contribution in [3.8, 4) is 11.1 Å². The number of halogens is 5. The number of rotatable bonds is 3. The zero-order valence-electron chi connectivity index (χ0n) is 17.1. The number of hydrogen-bond donors (Lipinski definition) is 0. The highest BCUT2D eigenvalue weighted by atomic mass is 19.4. The fraction of sp³-hybridized carbons (Fsp3) is 0.174. The van der Waals surface area contributed by atoms with E-state index in [2.05, 4.69) is 10.1 Å². The third-order valence-corrected chi connectivity index (χ3v) is 5.76. The van der Waals surface area contributed by atoms with Gasteiger partial charge in [0.05, 0.1) is 41.6 Å². The molecule has 0 saturated carbocycles. The predicted molar refractivity (Wildman–Crippen MR) is 109 cm³/mol. The molecule has 33 heavy (non-hydrogen) atoms. The van der Waals surface area contributed by atoms with Crippen LogP contribution >= 0.6 is 0 Å². The summed E-state index contributed by atoms with van der Waals surface area (Å²) in [6.07, 6.45) is -1.84. The van der Waals surface area contributed by atoms with Crippen LogP contribution in [0, 0.1) is 11.6 Å². The van der Waals surface area contributed by atoms with E-state index in [0.717, 1.165) is 22.9 Å². The normalized spacial score (nSPS) is 13.8. The first-order chi connectivity index (χ1) is 15.6. The summed E-state index contributed by atoms with van der Waals surface area (Å²) < 4.78 is 71.3. The highest BCUT2D eigenvalue weighted by molar-refractivity contribution is 5.98. The van der Waals surface area contributed by atoms with Gasteiger partial charge in [-0.15, -0.1) is 0 Å². The Labute approximate surface area is 184 Å². The molecule has 0 fully saturated rings. The van der Waals surface area contributed by atoms with Gasteiger partial charge in [-0.05, 0) is 41.5 Å². The van der Waals surface area contributed by atoms with E-state index in [1.165, 1.54) is 30.4 Å². The van der Waals surface area contributed by atoms with Gasteiger partial charge in [-0.1, -0.05) is 6.07 Å². The standard InChI is InChI=1S/C23H15F5N4O/c1-31-21-15(9-30-31)13(4-5-17(21)23(26,27)28)12-7-18(24)16(19(25)8-12)10-32-11-20-14(22(32)33)3-2-6-29-20/h2-9H,10-11H2,1H3. The minimum Gasteiger partial charge on any atom is -0.328 e. The Kier molecular flexibility index (Phi) is 4.70. The van der Waals surface area contributed by atoms with Crippen LogP contribution in [-0.4, -0.2) is 25.6 Å². The average Bonchev–Trinajstić information content (AvgIpc) is 3.30. The fourth-order valence-corrected chi connectivity index (χ4v) is 4.18. The number of carbonyl (C=O) groups is 1. The first-order valence-corrected chi connectivity index (χ1v) is 9.88. The molecule has 0 spiro atoms. The number of aromatic nitrogens is 3. The molecule has 0 unspecified atom stereocenters. The number of alkyl halides is 3. The Morgan fingerprint density at radius 2 is 1.79 bits per heavy atom. The van der Waals surface area contributed by atoms with E-state index in [0.29, 0.717) is 11.3 Å². The number of hydrogen-bond acceptors (Lipinski definition) is 3. The van der Waals surface area contributed by atoms with Crippen molar-refractivity contribution in [2.45, 2.75) is 19.3 Å². The second kappa shape index (κ2) is 7.36. The summed E-state index contributed by atoms with van der Waals surface area (Å²) in [5.41, 5.74) is -0.184. The number of aryl methyl sites for hydroxylation is 1. The Bertz CT molecular complexity index is 1400. The molecule has 1 amide bonds. The molecule has 2 aromatic heterocycles. The van der Waals surface area contributed by atoms with Gasteiger partial charge in [0, 0.05) is 24.2 Å². The number of amides is 1. The summed E-state index contributed by atoms with van der Waals surface area (Å²) in [5, 5.41) is 4.01. The lowest BCUT2D eigenvalue weighted by molar-refractivity contribution is -0.136. The molecular weight excluding hydrogens is 443 g/mol. The van der Waals surface area contributed by atoms with Crippen LogP contribution in [0.3, 0.4) is 0 Å². The van der Waals surface area contributed by atoms with Crippen molar-refractivity contribution in [2.24, 2.45) is 7.05 Å². The van der Waals surface area contributed by atoms with Gasteiger partial charge in [0.2, 0.25) is 0 Å². The van der Waals surface area contributed by atoms with E-state index < -0.39 is 23.4 Å². The van der Waals surface area contributed by atoms with Crippen molar-refractivity contribution >= 4 is 16.8 Å². The Hall–Kier alpha value is -3.82. The molecule has 5 rings (SSSR count). The highest BCUT2D eigenvalue weighted by Crippen LogP contribution is 2.39. The molecule has 4 aromatic rings. The summed E-state index contributed by atoms with van der Waals surface area (Å²) in [7, 11) is 1.37. The first-order valence-electron chi connectivity index (χ1n) is 9.88. The number of nitrogens with zero attached hydrogens (tertiary/aromatic N) is 4. The van der Waals surface area contributed by atoms with Crippen LogP contribution in [-0.2, 0) is 26.3 Å². The van der Waals surface area contributed by atoms with E-state index in [9.17, 15) is 26.7 Å². The Balaban J connectivity index is 1.53. The molecule has 0 aliphatic carbocycles. The summed E-state index contributed by atoms with van der Waals surface area (Å²) in [6.45, 7) is -0.173. The van der Waals surface area contributed by atoms with Gasteiger partial charge in [0.25, 0.3) is 5.91 Å². The fourth-order valence-electron chi connectivity index (χ4n) is 4.18. The third-order valence-electron chi connectivity index (χ3n) is 5.76. The molecule has 0 atom stereocenters. The van der Waals surface area contributed by atoms with Crippen LogP contribution in [0.4, 0.5) is 22.0 Å². The minimum atomic E-state index is -4.61. The topological polar surface area (TPSA) is 51.0 Å². The largest absolute Gasteiger partial charge is 0.418 e. The number of fused-ring (bicyclic) bond motifs is 2. The molecule has 0 bridgehead atoms. The van der Waals surface area contributed by atoms with Crippen LogP contribution in [0.5, 0.6) is 0 Å². The SMILES string of the molecule is Cn1ncc2c(-c3cc(F)c(CN4Cc5ncccc5C4=O)c(F)c3)ccc(C(F)(F)F)c21. The number of carbonyl (C=O) groups excluding carboxylic acids is 1. The maximum Gasteiger partial charge on any atom is 0.418 e. The van der Waals surface area contributed by atoms with Crippen molar-refractivity contribution in [3.63, 3.8) is 0 Å². The lowest BCUT2D eigenvalue weighted by atomic mass is 9.97. The molecule has 0 saturated heterocycles. The van der Waals surface area contributed by atoms with E-state index >= 15 is 0 Å². The smallest absolute Gasteiger partial charge is 0.328 e. The molecule has 2 aromatic carbocycles. The third kappa shape index (κ3) is 3.42. The predicted octanol–water partition coefficient (Wildman–Crippen LogP) is 5.09.